The zero-order valence-electron chi connectivity index (χ0n) is 17.0. The molecule has 1 fully saturated rings. The monoisotopic (exact) mass is 406 g/mol. The smallest absolute Gasteiger partial charge is 0.204 e. The number of morpholine rings is 1. The van der Waals surface area contributed by atoms with Crippen LogP contribution in [0, 0.1) is 0 Å². The van der Waals surface area contributed by atoms with E-state index < -0.39 is 0 Å². The molecule has 8 heteroatoms. The Balaban J connectivity index is 1.54. The molecule has 0 spiro atoms. The predicted octanol–water partition coefficient (Wildman–Crippen LogP) is 1.21. The summed E-state index contributed by atoms with van der Waals surface area (Å²) in [6.07, 6.45) is 0.995. The number of hydrogen-bond donors (Lipinski definition) is 3. The van der Waals surface area contributed by atoms with Crippen molar-refractivity contribution in [3.63, 3.8) is 0 Å². The van der Waals surface area contributed by atoms with Crippen LogP contribution in [0.25, 0.3) is 11.0 Å². The summed E-state index contributed by atoms with van der Waals surface area (Å²) in [5, 5.41) is 23.3. The number of aromatic hydroxyl groups is 1. The van der Waals surface area contributed by atoms with E-state index in [0.29, 0.717) is 12.0 Å². The number of aliphatic hydroxyl groups is 1. The summed E-state index contributed by atoms with van der Waals surface area (Å²) >= 11 is 0. The molecule has 2 radical (unpaired) electrons. The number of fused-ring (bicyclic) bond motifs is 1. The van der Waals surface area contributed by atoms with E-state index in [1.807, 2.05) is 22.8 Å². The molecule has 4 rings (SSSR count). The van der Waals surface area contributed by atoms with Gasteiger partial charge in [-0.3, -0.25) is 4.90 Å². The molecule has 3 N–H and O–H groups in total. The molecule has 156 valence electrons. The molecule has 1 aliphatic rings. The van der Waals surface area contributed by atoms with Gasteiger partial charge in [-0.15, -0.1) is 0 Å². The van der Waals surface area contributed by atoms with E-state index in [1.54, 1.807) is 18.2 Å². The summed E-state index contributed by atoms with van der Waals surface area (Å²) in [5.74, 6) is 0.937. The second kappa shape index (κ2) is 9.51. The van der Waals surface area contributed by atoms with E-state index in [2.05, 4.69) is 10.2 Å². The highest BCUT2D eigenvalue weighted by molar-refractivity contribution is 6.32. The summed E-state index contributed by atoms with van der Waals surface area (Å²) in [6.45, 7) is 5.77. The first kappa shape index (κ1) is 20.7. The number of nitrogens with zero attached hydrogens (tertiary/aromatic N) is 3. The molecular formula is C22H27BN4O3. The molecule has 0 bridgehead atoms. The van der Waals surface area contributed by atoms with Gasteiger partial charge >= 0.3 is 0 Å². The average molecular weight is 406 g/mol. The van der Waals surface area contributed by atoms with Gasteiger partial charge in [-0.25, -0.2) is 4.98 Å². The lowest BCUT2D eigenvalue weighted by molar-refractivity contribution is 0.0378. The molecule has 0 atom stereocenters. The van der Waals surface area contributed by atoms with E-state index in [4.69, 9.17) is 17.6 Å². The van der Waals surface area contributed by atoms with Gasteiger partial charge in [-0.2, -0.15) is 0 Å². The third-order valence-corrected chi connectivity index (χ3v) is 5.47. The normalized spacial score (nSPS) is 15.0. The Bertz CT molecular complexity index is 1000. The quantitative estimate of drug-likeness (QED) is 0.386. The third-order valence-electron chi connectivity index (χ3n) is 5.47. The van der Waals surface area contributed by atoms with Gasteiger partial charge in [-0.1, -0.05) is 23.7 Å². The first-order valence-corrected chi connectivity index (χ1v) is 10.4. The molecule has 1 aliphatic heterocycles. The van der Waals surface area contributed by atoms with Crippen LogP contribution in [-0.4, -0.2) is 71.9 Å². The third kappa shape index (κ3) is 4.78. The Kier molecular flexibility index (Phi) is 6.57. The molecule has 2 heterocycles. The Hall–Kier alpha value is -2.55. The van der Waals surface area contributed by atoms with Gasteiger partial charge in [0.05, 0.1) is 37.4 Å². The van der Waals surface area contributed by atoms with Crippen LogP contribution < -0.4 is 10.8 Å². The number of ether oxygens (including phenoxy) is 1. The molecule has 1 saturated heterocycles. The molecule has 0 saturated carbocycles. The minimum atomic E-state index is -0.0348. The molecule has 7 nitrogen and oxygen atoms in total. The van der Waals surface area contributed by atoms with Gasteiger partial charge in [0.25, 0.3) is 0 Å². The van der Waals surface area contributed by atoms with Crippen LogP contribution >= 0.6 is 0 Å². The largest absolute Gasteiger partial charge is 0.508 e. The van der Waals surface area contributed by atoms with Gasteiger partial charge in [0, 0.05) is 25.2 Å². The van der Waals surface area contributed by atoms with Crippen LogP contribution in [0.15, 0.2) is 36.4 Å². The first-order valence-electron chi connectivity index (χ1n) is 10.4. The van der Waals surface area contributed by atoms with E-state index >= 15 is 0 Å². The molecule has 0 unspecified atom stereocenters. The highest BCUT2D eigenvalue weighted by atomic mass is 16.5. The molecule has 1 aromatic heterocycles. The Morgan fingerprint density at radius 3 is 2.77 bits per heavy atom. The zero-order chi connectivity index (χ0) is 20.9. The van der Waals surface area contributed by atoms with Crippen LogP contribution in [0.3, 0.4) is 0 Å². The number of nitrogens with one attached hydrogen (secondary N) is 1. The second-order valence-electron chi connectivity index (χ2n) is 7.63. The maximum Gasteiger partial charge on any atom is 0.204 e. The van der Waals surface area contributed by atoms with E-state index in [-0.39, 0.29) is 12.4 Å². The van der Waals surface area contributed by atoms with Gasteiger partial charge in [0.1, 0.15) is 13.6 Å². The average Bonchev–Trinajstić information content (AvgIpc) is 3.11. The molecule has 2 aromatic carbocycles. The van der Waals surface area contributed by atoms with Crippen LogP contribution in [0.4, 0.5) is 5.95 Å². The van der Waals surface area contributed by atoms with Crippen molar-refractivity contribution in [2.75, 3.05) is 44.7 Å². The summed E-state index contributed by atoms with van der Waals surface area (Å²) in [5.41, 5.74) is 3.88. The Morgan fingerprint density at radius 1 is 1.13 bits per heavy atom. The lowest BCUT2D eigenvalue weighted by atomic mass is 9.94. The highest BCUT2D eigenvalue weighted by Crippen LogP contribution is 2.25. The van der Waals surface area contributed by atoms with Crippen molar-refractivity contribution in [3.05, 3.63) is 47.5 Å². The number of imidazole rings is 1. The van der Waals surface area contributed by atoms with Gasteiger partial charge in [-0.05, 0) is 36.7 Å². The number of aromatic nitrogens is 2. The topological polar surface area (TPSA) is 82.8 Å². The molecule has 30 heavy (non-hydrogen) atoms. The summed E-state index contributed by atoms with van der Waals surface area (Å²) in [6, 6.07) is 10.8. The van der Waals surface area contributed by atoms with Crippen molar-refractivity contribution in [1.82, 2.24) is 14.5 Å². The van der Waals surface area contributed by atoms with E-state index in [0.717, 1.165) is 73.9 Å². The standard InChI is InChI=1S/C22H27BN4O3/c23-18-3-5-21(29)17(13-18)14-27-20-12-16(15-28)2-4-19(20)25-22(27)24-6-1-7-26-8-10-30-11-9-26/h2-5,12-13,28-29H,1,6-11,14-15H2,(H,24,25). The maximum absolute atomic E-state index is 10.3. The van der Waals surface area contributed by atoms with Crippen molar-refractivity contribution < 1.29 is 14.9 Å². The number of benzene rings is 2. The number of phenolic OH excluding ortho intramolecular Hbond substituents is 1. The lowest BCUT2D eigenvalue weighted by Gasteiger charge is -2.26. The first-order chi connectivity index (χ1) is 14.6. The van der Waals surface area contributed by atoms with Crippen LogP contribution in [0.2, 0.25) is 0 Å². The fourth-order valence-corrected chi connectivity index (χ4v) is 3.79. The number of hydrogen-bond acceptors (Lipinski definition) is 6. The van der Waals surface area contributed by atoms with Crippen LogP contribution in [0.5, 0.6) is 5.75 Å². The van der Waals surface area contributed by atoms with Crippen molar-refractivity contribution in [2.24, 2.45) is 0 Å². The van der Waals surface area contributed by atoms with Gasteiger partial charge in [0.15, 0.2) is 0 Å². The summed E-state index contributed by atoms with van der Waals surface area (Å²) in [7, 11) is 5.92. The minimum absolute atomic E-state index is 0.0348. The molecule has 0 aliphatic carbocycles. The predicted molar refractivity (Wildman–Crippen MR) is 119 cm³/mol. The van der Waals surface area contributed by atoms with Crippen molar-refractivity contribution in [2.45, 2.75) is 19.6 Å². The van der Waals surface area contributed by atoms with Crippen molar-refractivity contribution >= 4 is 30.3 Å². The second-order valence-corrected chi connectivity index (χ2v) is 7.63. The number of aliphatic hydroxyl groups excluding tert-OH is 1. The van der Waals surface area contributed by atoms with Crippen molar-refractivity contribution in [3.8, 4) is 5.75 Å². The van der Waals surface area contributed by atoms with Gasteiger partial charge in [0.2, 0.25) is 5.95 Å². The molecule has 0 amide bonds. The highest BCUT2D eigenvalue weighted by Gasteiger charge is 2.14. The maximum atomic E-state index is 10.3. The lowest BCUT2D eigenvalue weighted by Crippen LogP contribution is -2.37. The number of phenols is 1. The van der Waals surface area contributed by atoms with Gasteiger partial charge < -0.3 is 24.8 Å². The Morgan fingerprint density at radius 2 is 1.97 bits per heavy atom. The molecule has 3 aromatic rings. The molecular weight excluding hydrogens is 379 g/mol. The number of anilines is 1. The van der Waals surface area contributed by atoms with Crippen molar-refractivity contribution in [1.29, 1.82) is 0 Å². The van der Waals surface area contributed by atoms with Crippen LogP contribution in [-0.2, 0) is 17.9 Å². The van der Waals surface area contributed by atoms with E-state index in [9.17, 15) is 10.2 Å². The minimum Gasteiger partial charge on any atom is -0.508 e. The zero-order valence-corrected chi connectivity index (χ0v) is 17.0. The summed E-state index contributed by atoms with van der Waals surface area (Å²) < 4.78 is 7.43. The number of rotatable bonds is 8. The fourth-order valence-electron chi connectivity index (χ4n) is 3.79. The SMILES string of the molecule is [B]c1ccc(O)c(Cn2c(NCCCN3CCOCC3)nc3ccc(CO)cc32)c1. The van der Waals surface area contributed by atoms with E-state index in [1.165, 1.54) is 0 Å². The Labute approximate surface area is 177 Å². The van der Waals surface area contributed by atoms with Crippen LogP contribution in [0.1, 0.15) is 17.5 Å². The fraction of sp³-hybridized carbons (Fsp3) is 0.409. The summed E-state index contributed by atoms with van der Waals surface area (Å²) in [4.78, 5) is 7.15.